The van der Waals surface area contributed by atoms with Gasteiger partial charge >= 0.3 is 6.18 Å². The molecule has 0 atom stereocenters. The Labute approximate surface area is 114 Å². The number of rotatable bonds is 3. The van der Waals surface area contributed by atoms with Crippen LogP contribution in [0.2, 0.25) is 0 Å². The molecule has 1 nitrogen and oxygen atoms in total. The maximum atomic E-state index is 13.0. The molecule has 0 aliphatic heterocycles. The van der Waals surface area contributed by atoms with Gasteiger partial charge in [-0.05, 0) is 25.0 Å². The van der Waals surface area contributed by atoms with Crippen LogP contribution in [-0.4, -0.2) is 11.5 Å². The lowest BCUT2D eigenvalue weighted by Gasteiger charge is -2.22. The van der Waals surface area contributed by atoms with E-state index in [2.05, 4.69) is 0 Å². The first-order chi connectivity index (χ1) is 9.00. The van der Waals surface area contributed by atoms with Gasteiger partial charge in [0.05, 0.1) is 5.56 Å². The first-order valence-electron chi connectivity index (χ1n) is 6.34. The highest BCUT2D eigenvalue weighted by Crippen LogP contribution is 2.41. The highest BCUT2D eigenvalue weighted by molar-refractivity contribution is 8.00. The van der Waals surface area contributed by atoms with Gasteiger partial charge < -0.3 is 0 Å². The van der Waals surface area contributed by atoms with E-state index in [0.29, 0.717) is 6.29 Å². The van der Waals surface area contributed by atoms with Gasteiger partial charge in [0.1, 0.15) is 6.29 Å². The Hall–Kier alpha value is -0.970. The van der Waals surface area contributed by atoms with Crippen LogP contribution >= 0.6 is 11.8 Å². The molecular formula is C14H15F3OS. The Bertz CT molecular complexity index is 450. The molecule has 1 fully saturated rings. The van der Waals surface area contributed by atoms with E-state index >= 15 is 0 Å². The van der Waals surface area contributed by atoms with Gasteiger partial charge in [0.2, 0.25) is 0 Å². The summed E-state index contributed by atoms with van der Waals surface area (Å²) in [6.07, 6.45) is 1.33. The smallest absolute Gasteiger partial charge is 0.298 e. The van der Waals surface area contributed by atoms with E-state index in [1.165, 1.54) is 30.3 Å². The van der Waals surface area contributed by atoms with Gasteiger partial charge in [-0.15, -0.1) is 11.8 Å². The molecule has 5 heteroatoms. The van der Waals surface area contributed by atoms with E-state index in [9.17, 15) is 18.0 Å². The summed E-state index contributed by atoms with van der Waals surface area (Å²) in [7, 11) is 0. The molecule has 0 unspecified atom stereocenters. The lowest BCUT2D eigenvalue weighted by molar-refractivity contribution is -0.139. The van der Waals surface area contributed by atoms with Crippen molar-refractivity contribution in [1.82, 2.24) is 0 Å². The SMILES string of the molecule is O=Cc1ccc(SC2CCCCC2)c(C(F)(F)F)c1. The zero-order chi connectivity index (χ0) is 13.9. The fraction of sp³-hybridized carbons (Fsp3) is 0.500. The molecule has 0 N–H and O–H groups in total. The van der Waals surface area contributed by atoms with Crippen LogP contribution in [-0.2, 0) is 6.18 Å². The van der Waals surface area contributed by atoms with Crippen molar-refractivity contribution in [3.05, 3.63) is 29.3 Å². The highest BCUT2D eigenvalue weighted by atomic mass is 32.2. The molecule has 0 spiro atoms. The van der Waals surface area contributed by atoms with Crippen LogP contribution in [0, 0.1) is 0 Å². The molecular weight excluding hydrogens is 273 g/mol. The second kappa shape index (κ2) is 5.99. The topological polar surface area (TPSA) is 17.1 Å². The van der Waals surface area contributed by atoms with Crippen molar-refractivity contribution in [2.24, 2.45) is 0 Å². The molecule has 2 rings (SSSR count). The van der Waals surface area contributed by atoms with Gasteiger partial charge in [0, 0.05) is 15.7 Å². The third-order valence-corrected chi connectivity index (χ3v) is 4.71. The van der Waals surface area contributed by atoms with E-state index in [1.54, 1.807) is 0 Å². The van der Waals surface area contributed by atoms with Crippen molar-refractivity contribution in [2.45, 2.75) is 48.4 Å². The van der Waals surface area contributed by atoms with E-state index < -0.39 is 11.7 Å². The zero-order valence-corrected chi connectivity index (χ0v) is 11.2. The molecule has 1 saturated carbocycles. The molecule has 19 heavy (non-hydrogen) atoms. The molecule has 0 aromatic heterocycles. The monoisotopic (exact) mass is 288 g/mol. The highest BCUT2D eigenvalue weighted by Gasteiger charge is 2.34. The molecule has 1 aromatic carbocycles. The summed E-state index contributed by atoms with van der Waals surface area (Å²) in [6, 6.07) is 3.82. The molecule has 0 heterocycles. The van der Waals surface area contributed by atoms with Gasteiger partial charge in [-0.25, -0.2) is 0 Å². The molecule has 0 saturated heterocycles. The minimum absolute atomic E-state index is 0.0697. The Balaban J connectivity index is 2.25. The lowest BCUT2D eigenvalue weighted by atomic mass is 10.0. The summed E-state index contributed by atoms with van der Waals surface area (Å²) in [4.78, 5) is 10.9. The van der Waals surface area contributed by atoms with E-state index in [1.807, 2.05) is 0 Å². The van der Waals surface area contributed by atoms with E-state index in [4.69, 9.17) is 0 Å². The number of hydrogen-bond acceptors (Lipinski definition) is 2. The zero-order valence-electron chi connectivity index (χ0n) is 10.4. The van der Waals surface area contributed by atoms with Crippen LogP contribution in [0.5, 0.6) is 0 Å². The number of carbonyl (C=O) groups excluding carboxylic acids is 1. The van der Waals surface area contributed by atoms with Gasteiger partial charge in [-0.3, -0.25) is 4.79 Å². The van der Waals surface area contributed by atoms with Gasteiger partial charge in [-0.2, -0.15) is 13.2 Å². The summed E-state index contributed by atoms with van der Waals surface area (Å²) in [5, 5.41) is 0.261. The average Bonchev–Trinajstić information content (AvgIpc) is 2.39. The van der Waals surface area contributed by atoms with Crippen molar-refractivity contribution >= 4 is 18.0 Å². The second-order valence-electron chi connectivity index (χ2n) is 4.75. The fourth-order valence-electron chi connectivity index (χ4n) is 2.31. The molecule has 1 aromatic rings. The standard InChI is InChI=1S/C14H15F3OS/c15-14(16,17)12-8-10(9-18)6-7-13(12)19-11-4-2-1-3-5-11/h6-9,11H,1-5H2. The normalized spacial score (nSPS) is 17.4. The van der Waals surface area contributed by atoms with Gasteiger partial charge in [-0.1, -0.05) is 25.3 Å². The number of carbonyl (C=O) groups is 1. The molecule has 104 valence electrons. The summed E-state index contributed by atoms with van der Waals surface area (Å²) in [5.41, 5.74) is -0.618. The predicted octanol–water partition coefficient (Wildman–Crippen LogP) is 4.94. The van der Waals surface area contributed by atoms with Gasteiger partial charge in [0.25, 0.3) is 0 Å². The Morgan fingerprint density at radius 2 is 1.84 bits per heavy atom. The third-order valence-electron chi connectivity index (χ3n) is 3.29. The summed E-state index contributed by atoms with van der Waals surface area (Å²) < 4.78 is 39.0. The largest absolute Gasteiger partial charge is 0.417 e. The van der Waals surface area contributed by atoms with Crippen molar-refractivity contribution in [1.29, 1.82) is 0 Å². The number of aldehydes is 1. The van der Waals surface area contributed by atoms with Crippen molar-refractivity contribution in [3.8, 4) is 0 Å². The second-order valence-corrected chi connectivity index (χ2v) is 6.09. The van der Waals surface area contributed by atoms with E-state index in [-0.39, 0.29) is 15.7 Å². The van der Waals surface area contributed by atoms with Crippen LogP contribution in [0.1, 0.15) is 48.0 Å². The first-order valence-corrected chi connectivity index (χ1v) is 7.22. The number of halogens is 3. The minimum atomic E-state index is -4.41. The number of alkyl halides is 3. The lowest BCUT2D eigenvalue weighted by Crippen LogP contribution is -2.12. The molecule has 0 radical (unpaired) electrons. The fourth-order valence-corrected chi connectivity index (χ4v) is 3.68. The average molecular weight is 288 g/mol. The molecule has 1 aliphatic rings. The summed E-state index contributed by atoms with van der Waals surface area (Å²) in [6.45, 7) is 0. The quantitative estimate of drug-likeness (QED) is 0.733. The van der Waals surface area contributed by atoms with Gasteiger partial charge in [0.15, 0.2) is 0 Å². The first kappa shape index (κ1) is 14.4. The number of thioether (sulfide) groups is 1. The maximum absolute atomic E-state index is 13.0. The van der Waals surface area contributed by atoms with Crippen LogP contribution in [0.25, 0.3) is 0 Å². The van der Waals surface area contributed by atoms with Crippen LogP contribution in [0.15, 0.2) is 23.1 Å². The minimum Gasteiger partial charge on any atom is -0.298 e. The number of benzene rings is 1. The molecule has 0 amide bonds. The van der Waals surface area contributed by atoms with Crippen molar-refractivity contribution in [3.63, 3.8) is 0 Å². The Morgan fingerprint density at radius 1 is 1.16 bits per heavy atom. The third kappa shape index (κ3) is 3.75. The molecule has 1 aliphatic carbocycles. The van der Waals surface area contributed by atoms with Crippen LogP contribution < -0.4 is 0 Å². The summed E-state index contributed by atoms with van der Waals surface area (Å²) in [5.74, 6) is 0. The summed E-state index contributed by atoms with van der Waals surface area (Å²) >= 11 is 1.30. The van der Waals surface area contributed by atoms with E-state index in [0.717, 1.165) is 31.7 Å². The van der Waals surface area contributed by atoms with Crippen molar-refractivity contribution < 1.29 is 18.0 Å². The predicted molar refractivity (Wildman–Crippen MR) is 69.6 cm³/mol. The Kier molecular flexibility index (Phi) is 4.55. The Morgan fingerprint density at radius 3 is 2.42 bits per heavy atom. The van der Waals surface area contributed by atoms with Crippen LogP contribution in [0.4, 0.5) is 13.2 Å². The van der Waals surface area contributed by atoms with Crippen molar-refractivity contribution in [2.75, 3.05) is 0 Å². The maximum Gasteiger partial charge on any atom is 0.417 e. The number of hydrogen-bond donors (Lipinski definition) is 0. The van der Waals surface area contributed by atoms with Crippen LogP contribution in [0.3, 0.4) is 0 Å². The molecule has 0 bridgehead atoms.